The standard InChI is InChI=1S/C25H32O7/c1-14(27)31-16-3-7-23(13-26)18-4-6-22(2)17(15-9-21(28)30-12-15)5-8-24(22,29)19(18)10-20-25(23,11-16)32-20/h9,13,16-20,29H,3-8,10-12H2,1-2H3/t16-,17+,18-,19+,20-,22+,23-,24-,25-/m0/s1. The topological polar surface area (TPSA) is 102 Å². The molecule has 1 N–H and O–H groups in total. The third kappa shape index (κ3) is 2.37. The fourth-order valence-electron chi connectivity index (χ4n) is 9.02. The Balaban J connectivity index is 1.33. The highest BCUT2D eigenvalue weighted by atomic mass is 16.6. The predicted octanol–water partition coefficient (Wildman–Crippen LogP) is 2.49. The third-order valence-electron chi connectivity index (χ3n) is 10.5. The highest BCUT2D eigenvalue weighted by Crippen LogP contribution is 2.75. The van der Waals surface area contributed by atoms with Crippen molar-refractivity contribution in [2.75, 3.05) is 6.61 Å². The van der Waals surface area contributed by atoms with E-state index >= 15 is 0 Å². The zero-order valence-electron chi connectivity index (χ0n) is 18.8. The van der Waals surface area contributed by atoms with Gasteiger partial charge in [0.25, 0.3) is 0 Å². The first-order valence-corrected chi connectivity index (χ1v) is 12.1. The number of cyclic esters (lactones) is 1. The predicted molar refractivity (Wildman–Crippen MR) is 111 cm³/mol. The molecule has 174 valence electrons. The van der Waals surface area contributed by atoms with Crippen LogP contribution in [0, 0.1) is 28.6 Å². The summed E-state index contributed by atoms with van der Waals surface area (Å²) >= 11 is 0. The quantitative estimate of drug-likeness (QED) is 0.405. The summed E-state index contributed by atoms with van der Waals surface area (Å²) in [5.74, 6) is -0.408. The minimum Gasteiger partial charge on any atom is -0.462 e. The Morgan fingerprint density at radius 3 is 2.72 bits per heavy atom. The summed E-state index contributed by atoms with van der Waals surface area (Å²) in [6, 6.07) is 0. The Morgan fingerprint density at radius 2 is 2.03 bits per heavy atom. The fourth-order valence-corrected chi connectivity index (χ4v) is 9.02. The van der Waals surface area contributed by atoms with Gasteiger partial charge in [-0.1, -0.05) is 6.92 Å². The van der Waals surface area contributed by atoms with Gasteiger partial charge in [-0.2, -0.15) is 0 Å². The van der Waals surface area contributed by atoms with Gasteiger partial charge in [-0.15, -0.1) is 0 Å². The maximum absolute atomic E-state index is 12.8. The lowest BCUT2D eigenvalue weighted by molar-refractivity contribution is -0.200. The second kappa shape index (κ2) is 6.44. The van der Waals surface area contributed by atoms with Gasteiger partial charge in [0.2, 0.25) is 0 Å². The molecule has 0 aromatic carbocycles. The average Bonchev–Trinajstić information content (AvgIpc) is 3.14. The van der Waals surface area contributed by atoms with Crippen molar-refractivity contribution >= 4 is 18.2 Å². The summed E-state index contributed by atoms with van der Waals surface area (Å²) < 4.78 is 17.0. The number of rotatable bonds is 3. The van der Waals surface area contributed by atoms with Crippen molar-refractivity contribution in [2.24, 2.45) is 28.6 Å². The number of epoxide rings is 1. The largest absolute Gasteiger partial charge is 0.462 e. The Morgan fingerprint density at radius 1 is 1.22 bits per heavy atom. The molecule has 7 heteroatoms. The first kappa shape index (κ1) is 20.8. The van der Waals surface area contributed by atoms with Gasteiger partial charge in [-0.25, -0.2) is 4.79 Å². The van der Waals surface area contributed by atoms with Gasteiger partial charge in [0.05, 0.1) is 17.1 Å². The van der Waals surface area contributed by atoms with Crippen molar-refractivity contribution in [3.8, 4) is 0 Å². The van der Waals surface area contributed by atoms with E-state index in [-0.39, 0.29) is 47.3 Å². The minimum absolute atomic E-state index is 0.0130. The molecule has 0 aromatic rings. The number of hydrogen-bond donors (Lipinski definition) is 1. The highest BCUT2D eigenvalue weighted by molar-refractivity contribution is 5.85. The van der Waals surface area contributed by atoms with E-state index in [2.05, 4.69) is 6.92 Å². The molecule has 0 bridgehead atoms. The molecule has 1 saturated heterocycles. The van der Waals surface area contributed by atoms with Gasteiger partial charge in [0.15, 0.2) is 0 Å². The van der Waals surface area contributed by atoms with Gasteiger partial charge in [0, 0.05) is 24.8 Å². The van der Waals surface area contributed by atoms with Gasteiger partial charge in [-0.05, 0) is 68.3 Å². The summed E-state index contributed by atoms with van der Waals surface area (Å²) in [5, 5.41) is 12.3. The van der Waals surface area contributed by atoms with Crippen LogP contribution >= 0.6 is 0 Å². The lowest BCUT2D eigenvalue weighted by Gasteiger charge is -2.61. The van der Waals surface area contributed by atoms with Gasteiger partial charge < -0.3 is 24.1 Å². The summed E-state index contributed by atoms with van der Waals surface area (Å²) in [6.07, 6.45) is 8.23. The molecule has 32 heavy (non-hydrogen) atoms. The van der Waals surface area contributed by atoms with Crippen molar-refractivity contribution in [1.29, 1.82) is 0 Å². The highest BCUT2D eigenvalue weighted by Gasteiger charge is 2.80. The second-order valence-electron chi connectivity index (χ2n) is 11.4. The van der Waals surface area contributed by atoms with Crippen LogP contribution < -0.4 is 0 Å². The average molecular weight is 445 g/mol. The Hall–Kier alpha value is -1.73. The SMILES string of the molecule is CC(=O)O[C@H]1CC[C@]2(C=O)[C@H]3CC[C@]4(C)[C@@H](C5=CC(=O)OC5)CC[C@]4(O)[C@@H]3C[C@@H]3O[C@@]32C1. The maximum atomic E-state index is 12.8. The normalized spacial score (nSPS) is 53.2. The molecular formula is C25H32O7. The molecule has 5 fully saturated rings. The maximum Gasteiger partial charge on any atom is 0.331 e. The first-order valence-electron chi connectivity index (χ1n) is 12.1. The first-order chi connectivity index (χ1) is 15.2. The van der Waals surface area contributed by atoms with Gasteiger partial charge in [-0.3, -0.25) is 4.79 Å². The van der Waals surface area contributed by atoms with E-state index in [0.29, 0.717) is 32.3 Å². The molecule has 0 radical (unpaired) electrons. The van der Waals surface area contributed by atoms with Crippen LogP contribution in [-0.4, -0.2) is 53.3 Å². The number of ether oxygens (including phenoxy) is 3. The number of fused-ring (bicyclic) bond motifs is 4. The molecule has 4 saturated carbocycles. The Bertz CT molecular complexity index is 927. The Kier molecular flexibility index (Phi) is 4.20. The molecule has 6 aliphatic rings. The summed E-state index contributed by atoms with van der Waals surface area (Å²) in [7, 11) is 0. The zero-order valence-corrected chi connectivity index (χ0v) is 18.8. The number of aliphatic hydroxyl groups is 1. The molecular weight excluding hydrogens is 412 g/mol. The van der Waals surface area contributed by atoms with Crippen LogP contribution in [0.25, 0.3) is 0 Å². The molecule has 4 aliphatic carbocycles. The van der Waals surface area contributed by atoms with Crippen molar-refractivity contribution in [2.45, 2.75) is 88.6 Å². The summed E-state index contributed by atoms with van der Waals surface area (Å²) in [4.78, 5) is 36.0. The number of carbonyl (C=O) groups is 3. The lowest BCUT2D eigenvalue weighted by Crippen LogP contribution is -2.66. The van der Waals surface area contributed by atoms with Crippen LogP contribution in [0.3, 0.4) is 0 Å². The van der Waals surface area contributed by atoms with Crippen LogP contribution in [-0.2, 0) is 28.6 Å². The molecule has 9 atom stereocenters. The third-order valence-corrected chi connectivity index (χ3v) is 10.5. The van der Waals surface area contributed by atoms with E-state index in [1.54, 1.807) is 6.08 Å². The lowest BCUT2D eigenvalue weighted by atomic mass is 9.43. The van der Waals surface area contributed by atoms with Crippen molar-refractivity contribution < 1.29 is 33.7 Å². The minimum atomic E-state index is -0.895. The van der Waals surface area contributed by atoms with E-state index < -0.39 is 16.6 Å². The molecule has 2 heterocycles. The van der Waals surface area contributed by atoms with Gasteiger partial charge >= 0.3 is 11.9 Å². The van der Waals surface area contributed by atoms with Crippen LogP contribution in [0.1, 0.15) is 65.2 Å². The molecule has 0 aromatic heterocycles. The van der Waals surface area contributed by atoms with Gasteiger partial charge in [0.1, 0.15) is 24.6 Å². The van der Waals surface area contributed by atoms with Crippen LogP contribution in [0.5, 0.6) is 0 Å². The van der Waals surface area contributed by atoms with Crippen molar-refractivity contribution in [1.82, 2.24) is 0 Å². The number of esters is 2. The van der Waals surface area contributed by atoms with E-state index in [4.69, 9.17) is 14.2 Å². The van der Waals surface area contributed by atoms with Crippen molar-refractivity contribution in [3.05, 3.63) is 11.6 Å². The summed E-state index contributed by atoms with van der Waals surface area (Å²) in [6.45, 7) is 3.92. The monoisotopic (exact) mass is 444 g/mol. The van der Waals surface area contributed by atoms with Crippen molar-refractivity contribution in [3.63, 3.8) is 0 Å². The second-order valence-corrected chi connectivity index (χ2v) is 11.4. The van der Waals surface area contributed by atoms with Crippen LogP contribution in [0.2, 0.25) is 0 Å². The Labute approximate surface area is 187 Å². The van der Waals surface area contributed by atoms with E-state index in [0.717, 1.165) is 37.5 Å². The molecule has 2 aliphatic heterocycles. The van der Waals surface area contributed by atoms with E-state index in [1.165, 1.54) is 6.92 Å². The van der Waals surface area contributed by atoms with E-state index in [9.17, 15) is 19.5 Å². The fraction of sp³-hybridized carbons (Fsp3) is 0.800. The number of hydrogen-bond acceptors (Lipinski definition) is 7. The van der Waals surface area contributed by atoms with Crippen LogP contribution in [0.4, 0.5) is 0 Å². The molecule has 7 nitrogen and oxygen atoms in total. The zero-order chi connectivity index (χ0) is 22.5. The summed E-state index contributed by atoms with van der Waals surface area (Å²) in [5.41, 5.74) is -1.41. The molecule has 6 rings (SSSR count). The number of aldehydes is 1. The molecule has 0 unspecified atom stereocenters. The number of carbonyl (C=O) groups excluding carboxylic acids is 3. The van der Waals surface area contributed by atoms with E-state index in [1.807, 2.05) is 0 Å². The van der Waals surface area contributed by atoms with Crippen LogP contribution in [0.15, 0.2) is 11.6 Å². The molecule has 0 amide bonds. The molecule has 1 spiro atoms. The smallest absolute Gasteiger partial charge is 0.331 e.